The zero-order valence-electron chi connectivity index (χ0n) is 14.4. The molecule has 2 aliphatic heterocycles. The van der Waals surface area contributed by atoms with Crippen molar-refractivity contribution in [1.82, 2.24) is 4.90 Å². The second-order valence-corrected chi connectivity index (χ2v) is 7.32. The fourth-order valence-electron chi connectivity index (χ4n) is 4.16. The molecule has 2 aliphatic rings. The molecule has 0 amide bonds. The van der Waals surface area contributed by atoms with Crippen LogP contribution in [0, 0.1) is 5.92 Å². The van der Waals surface area contributed by atoms with Crippen molar-refractivity contribution in [1.29, 1.82) is 0 Å². The first-order chi connectivity index (χ1) is 11.9. The third-order valence-corrected chi connectivity index (χ3v) is 5.54. The molecule has 2 aromatic carbocycles. The van der Waals surface area contributed by atoms with Gasteiger partial charge in [-0.25, -0.2) is 0 Å². The Morgan fingerprint density at radius 3 is 2.46 bits per heavy atom. The molecule has 1 unspecified atom stereocenters. The van der Waals surface area contributed by atoms with Crippen LogP contribution in [0.4, 0.5) is 0 Å². The van der Waals surface area contributed by atoms with E-state index in [2.05, 4.69) is 59.5 Å². The van der Waals surface area contributed by atoms with Crippen LogP contribution in [0.2, 0.25) is 0 Å². The summed E-state index contributed by atoms with van der Waals surface area (Å²) in [5, 5.41) is 0. The molecular weight excluding hydrogens is 294 g/mol. The van der Waals surface area contributed by atoms with Crippen LogP contribution >= 0.6 is 0 Å². The smallest absolute Gasteiger partial charge is 0.0507 e. The van der Waals surface area contributed by atoms with Gasteiger partial charge in [0.15, 0.2) is 0 Å². The van der Waals surface area contributed by atoms with Crippen LogP contribution in [0.5, 0.6) is 0 Å². The van der Waals surface area contributed by atoms with E-state index in [4.69, 9.17) is 4.74 Å². The molecule has 0 spiro atoms. The van der Waals surface area contributed by atoms with E-state index in [0.29, 0.717) is 5.92 Å². The molecule has 0 aliphatic carbocycles. The summed E-state index contributed by atoms with van der Waals surface area (Å²) in [7, 11) is 0. The van der Waals surface area contributed by atoms with Crippen molar-refractivity contribution >= 4 is 0 Å². The molecule has 2 atom stereocenters. The molecule has 0 radical (unpaired) electrons. The van der Waals surface area contributed by atoms with Crippen LogP contribution in [0.15, 0.2) is 54.6 Å². The highest BCUT2D eigenvalue weighted by Gasteiger charge is 2.25. The molecule has 2 heterocycles. The van der Waals surface area contributed by atoms with E-state index in [-0.39, 0.29) is 0 Å². The molecule has 24 heavy (non-hydrogen) atoms. The molecule has 2 nitrogen and oxygen atoms in total. The predicted molar refractivity (Wildman–Crippen MR) is 99.2 cm³/mol. The van der Waals surface area contributed by atoms with E-state index in [1.54, 1.807) is 0 Å². The van der Waals surface area contributed by atoms with Crippen molar-refractivity contribution in [3.05, 3.63) is 60.2 Å². The lowest BCUT2D eigenvalue weighted by atomic mass is 9.89. The lowest BCUT2D eigenvalue weighted by Gasteiger charge is -2.34. The molecule has 0 aromatic heterocycles. The minimum atomic E-state index is 0.686. The van der Waals surface area contributed by atoms with Gasteiger partial charge in [0.05, 0.1) is 6.61 Å². The van der Waals surface area contributed by atoms with Crippen molar-refractivity contribution in [2.24, 2.45) is 5.92 Å². The molecule has 0 saturated carbocycles. The Labute approximate surface area is 145 Å². The van der Waals surface area contributed by atoms with E-state index in [1.165, 1.54) is 55.6 Å². The molecule has 2 fully saturated rings. The molecule has 2 heteroatoms. The molecule has 0 bridgehead atoms. The molecule has 2 aromatic rings. The van der Waals surface area contributed by atoms with Gasteiger partial charge in [-0.1, -0.05) is 54.6 Å². The maximum atomic E-state index is 5.54. The Kier molecular flexibility index (Phi) is 4.96. The number of hydrogen-bond acceptors (Lipinski definition) is 2. The van der Waals surface area contributed by atoms with Crippen LogP contribution < -0.4 is 0 Å². The van der Waals surface area contributed by atoms with E-state index < -0.39 is 0 Å². The van der Waals surface area contributed by atoms with Gasteiger partial charge in [0, 0.05) is 19.7 Å². The van der Waals surface area contributed by atoms with Gasteiger partial charge in [-0.3, -0.25) is 0 Å². The van der Waals surface area contributed by atoms with Crippen molar-refractivity contribution in [3.8, 4) is 11.1 Å². The molecule has 4 rings (SSSR count). The van der Waals surface area contributed by atoms with E-state index in [0.717, 1.165) is 19.1 Å². The highest BCUT2D eigenvalue weighted by Crippen LogP contribution is 2.30. The third kappa shape index (κ3) is 3.71. The minimum Gasteiger partial charge on any atom is -0.381 e. The average Bonchev–Trinajstić information content (AvgIpc) is 3.16. The highest BCUT2D eigenvalue weighted by molar-refractivity contribution is 5.63. The fraction of sp³-hybridized carbons (Fsp3) is 0.455. The Balaban J connectivity index is 1.41. The fourth-order valence-corrected chi connectivity index (χ4v) is 4.16. The van der Waals surface area contributed by atoms with Crippen LogP contribution in [0.1, 0.15) is 30.7 Å². The summed E-state index contributed by atoms with van der Waals surface area (Å²) in [6.07, 6.45) is 3.88. The van der Waals surface area contributed by atoms with Crippen molar-refractivity contribution in [3.63, 3.8) is 0 Å². The monoisotopic (exact) mass is 321 g/mol. The Hall–Kier alpha value is -1.64. The van der Waals surface area contributed by atoms with Gasteiger partial charge in [-0.05, 0) is 54.3 Å². The Bertz CT molecular complexity index is 631. The summed E-state index contributed by atoms with van der Waals surface area (Å²) in [5.74, 6) is 1.44. The lowest BCUT2D eigenvalue weighted by molar-refractivity contribution is 0.150. The summed E-state index contributed by atoms with van der Waals surface area (Å²) < 4.78 is 5.54. The molecule has 2 saturated heterocycles. The number of likely N-dealkylation sites (tertiary alicyclic amines) is 1. The van der Waals surface area contributed by atoms with Crippen LogP contribution in [-0.2, 0) is 4.74 Å². The van der Waals surface area contributed by atoms with E-state index in [9.17, 15) is 0 Å². The van der Waals surface area contributed by atoms with Gasteiger partial charge in [0.1, 0.15) is 0 Å². The van der Waals surface area contributed by atoms with Gasteiger partial charge in [0.25, 0.3) is 0 Å². The zero-order chi connectivity index (χ0) is 16.2. The SMILES string of the molecule is c1ccc(-c2ccc([C@H]3CCCN(CC4CCOC4)C3)cc2)cc1. The highest BCUT2D eigenvalue weighted by atomic mass is 16.5. The van der Waals surface area contributed by atoms with Gasteiger partial charge < -0.3 is 9.64 Å². The minimum absolute atomic E-state index is 0.686. The number of benzene rings is 2. The van der Waals surface area contributed by atoms with Gasteiger partial charge >= 0.3 is 0 Å². The van der Waals surface area contributed by atoms with Gasteiger partial charge in [0.2, 0.25) is 0 Å². The molecule has 0 N–H and O–H groups in total. The van der Waals surface area contributed by atoms with Gasteiger partial charge in [-0.2, -0.15) is 0 Å². The summed E-state index contributed by atoms with van der Waals surface area (Å²) in [6, 6.07) is 19.9. The maximum absolute atomic E-state index is 5.54. The number of ether oxygens (including phenoxy) is 1. The van der Waals surface area contributed by atoms with Gasteiger partial charge in [-0.15, -0.1) is 0 Å². The topological polar surface area (TPSA) is 12.5 Å². The number of rotatable bonds is 4. The second kappa shape index (κ2) is 7.50. The standard InChI is InChI=1S/C22H27NO/c1-2-5-19(6-3-1)20-8-10-21(11-9-20)22-7-4-13-23(16-22)15-18-12-14-24-17-18/h1-3,5-6,8-11,18,22H,4,7,12-17H2/t18?,22-/m0/s1. The Morgan fingerprint density at radius 1 is 0.917 bits per heavy atom. The number of piperidine rings is 1. The normalized spacial score (nSPS) is 25.0. The first-order valence-corrected chi connectivity index (χ1v) is 9.34. The molecule has 126 valence electrons. The largest absolute Gasteiger partial charge is 0.381 e. The summed E-state index contributed by atoms with van der Waals surface area (Å²) in [6.45, 7) is 5.62. The third-order valence-electron chi connectivity index (χ3n) is 5.54. The van der Waals surface area contributed by atoms with Crippen LogP contribution in [0.25, 0.3) is 11.1 Å². The maximum Gasteiger partial charge on any atom is 0.0507 e. The van der Waals surface area contributed by atoms with Crippen molar-refractivity contribution in [2.75, 3.05) is 32.8 Å². The summed E-state index contributed by atoms with van der Waals surface area (Å²) in [5.41, 5.74) is 4.12. The lowest BCUT2D eigenvalue weighted by Crippen LogP contribution is -2.37. The van der Waals surface area contributed by atoms with E-state index >= 15 is 0 Å². The van der Waals surface area contributed by atoms with Crippen molar-refractivity contribution in [2.45, 2.75) is 25.2 Å². The molecular formula is C22H27NO. The van der Waals surface area contributed by atoms with E-state index in [1.807, 2.05) is 0 Å². The quantitative estimate of drug-likeness (QED) is 0.818. The summed E-state index contributed by atoms with van der Waals surface area (Å²) >= 11 is 0. The number of hydrogen-bond donors (Lipinski definition) is 0. The average molecular weight is 321 g/mol. The van der Waals surface area contributed by atoms with Crippen molar-refractivity contribution < 1.29 is 4.74 Å². The first-order valence-electron chi connectivity index (χ1n) is 9.34. The first kappa shape index (κ1) is 15.9. The Morgan fingerprint density at radius 2 is 1.71 bits per heavy atom. The van der Waals surface area contributed by atoms with Crippen LogP contribution in [-0.4, -0.2) is 37.7 Å². The van der Waals surface area contributed by atoms with Crippen LogP contribution in [0.3, 0.4) is 0 Å². The summed E-state index contributed by atoms with van der Waals surface area (Å²) in [4.78, 5) is 2.67. The second-order valence-electron chi connectivity index (χ2n) is 7.32. The number of nitrogens with zero attached hydrogens (tertiary/aromatic N) is 1. The zero-order valence-corrected chi connectivity index (χ0v) is 14.4. The predicted octanol–water partition coefficient (Wildman–Crippen LogP) is 4.57.